The van der Waals surface area contributed by atoms with E-state index >= 15 is 0 Å². The van der Waals surface area contributed by atoms with E-state index in [9.17, 15) is 4.79 Å². The van der Waals surface area contributed by atoms with Crippen LogP contribution in [0.5, 0.6) is 0 Å². The van der Waals surface area contributed by atoms with Gasteiger partial charge in [0.15, 0.2) is 0 Å². The SMILES string of the molecule is Cc1cncnc1C1CCN(C(=O)c2ccccc2C#N)CC1. The van der Waals surface area contributed by atoms with Gasteiger partial charge in [0, 0.05) is 30.9 Å². The average Bonchev–Trinajstić information content (AvgIpc) is 2.61. The van der Waals surface area contributed by atoms with Crippen LogP contribution in [-0.2, 0) is 0 Å². The summed E-state index contributed by atoms with van der Waals surface area (Å²) in [5.74, 6) is 0.313. The van der Waals surface area contributed by atoms with Crippen molar-refractivity contribution in [3.05, 3.63) is 59.2 Å². The maximum absolute atomic E-state index is 12.6. The summed E-state index contributed by atoms with van der Waals surface area (Å²) >= 11 is 0. The normalized spacial score (nSPS) is 15.2. The van der Waals surface area contributed by atoms with Gasteiger partial charge >= 0.3 is 0 Å². The van der Waals surface area contributed by atoms with Crippen LogP contribution in [0.4, 0.5) is 0 Å². The number of piperidine rings is 1. The average molecular weight is 306 g/mol. The quantitative estimate of drug-likeness (QED) is 0.855. The van der Waals surface area contributed by atoms with Gasteiger partial charge < -0.3 is 4.90 Å². The lowest BCUT2D eigenvalue weighted by Gasteiger charge is -2.32. The van der Waals surface area contributed by atoms with Gasteiger partial charge in [-0.3, -0.25) is 4.79 Å². The van der Waals surface area contributed by atoms with Crippen LogP contribution >= 0.6 is 0 Å². The molecule has 1 aliphatic rings. The summed E-state index contributed by atoms with van der Waals surface area (Å²) in [5, 5.41) is 9.15. The van der Waals surface area contributed by atoms with E-state index in [0.717, 1.165) is 24.1 Å². The Morgan fingerprint density at radius 2 is 2.04 bits per heavy atom. The molecule has 23 heavy (non-hydrogen) atoms. The highest BCUT2D eigenvalue weighted by atomic mass is 16.2. The summed E-state index contributed by atoms with van der Waals surface area (Å²) < 4.78 is 0. The molecular formula is C18H18N4O. The molecule has 116 valence electrons. The van der Waals surface area contributed by atoms with Gasteiger partial charge in [-0.15, -0.1) is 0 Å². The van der Waals surface area contributed by atoms with Crippen LogP contribution in [0.25, 0.3) is 0 Å². The van der Waals surface area contributed by atoms with Gasteiger partial charge in [-0.25, -0.2) is 9.97 Å². The molecule has 0 atom stereocenters. The fourth-order valence-corrected chi connectivity index (χ4v) is 3.13. The number of nitriles is 1. The van der Waals surface area contributed by atoms with Gasteiger partial charge in [0.1, 0.15) is 6.33 Å². The first kappa shape index (κ1) is 15.2. The first-order valence-corrected chi connectivity index (χ1v) is 7.75. The predicted molar refractivity (Wildman–Crippen MR) is 85.8 cm³/mol. The first-order valence-electron chi connectivity index (χ1n) is 7.75. The van der Waals surface area contributed by atoms with Crippen LogP contribution in [-0.4, -0.2) is 33.9 Å². The number of benzene rings is 1. The Morgan fingerprint density at radius 1 is 1.30 bits per heavy atom. The minimum atomic E-state index is -0.0555. The van der Waals surface area contributed by atoms with Crippen molar-refractivity contribution in [3.8, 4) is 6.07 Å². The lowest BCUT2D eigenvalue weighted by atomic mass is 9.91. The van der Waals surface area contributed by atoms with Crippen LogP contribution in [0, 0.1) is 18.3 Å². The van der Waals surface area contributed by atoms with Gasteiger partial charge in [-0.2, -0.15) is 5.26 Å². The molecule has 0 spiro atoms. The van der Waals surface area contributed by atoms with Gasteiger partial charge in [0.2, 0.25) is 0 Å². The second-order valence-corrected chi connectivity index (χ2v) is 5.81. The summed E-state index contributed by atoms with van der Waals surface area (Å²) in [7, 11) is 0. The smallest absolute Gasteiger partial charge is 0.255 e. The molecule has 0 N–H and O–H groups in total. The predicted octanol–water partition coefficient (Wildman–Crippen LogP) is 2.68. The summed E-state index contributed by atoms with van der Waals surface area (Å²) in [4.78, 5) is 22.9. The Hall–Kier alpha value is -2.74. The molecule has 5 heteroatoms. The lowest BCUT2D eigenvalue weighted by molar-refractivity contribution is 0.0711. The van der Waals surface area contributed by atoms with Crippen molar-refractivity contribution < 1.29 is 4.79 Å². The molecule has 1 amide bonds. The zero-order chi connectivity index (χ0) is 16.2. The molecule has 3 rings (SSSR count). The molecule has 0 bridgehead atoms. The summed E-state index contributed by atoms with van der Waals surface area (Å²) in [6, 6.07) is 9.08. The van der Waals surface area contributed by atoms with Gasteiger partial charge in [-0.05, 0) is 37.5 Å². The minimum Gasteiger partial charge on any atom is -0.339 e. The zero-order valence-electron chi connectivity index (χ0n) is 13.1. The van der Waals surface area contributed by atoms with E-state index in [0.29, 0.717) is 30.1 Å². The molecule has 0 saturated carbocycles. The summed E-state index contributed by atoms with van der Waals surface area (Å²) in [6.07, 6.45) is 5.20. The van der Waals surface area contributed by atoms with Crippen molar-refractivity contribution in [1.29, 1.82) is 5.26 Å². The first-order chi connectivity index (χ1) is 11.2. The Morgan fingerprint density at radius 3 is 2.74 bits per heavy atom. The molecule has 2 aromatic rings. The van der Waals surface area contributed by atoms with Gasteiger partial charge in [-0.1, -0.05) is 12.1 Å². The Balaban J connectivity index is 1.71. The lowest BCUT2D eigenvalue weighted by Crippen LogP contribution is -2.38. The second-order valence-electron chi connectivity index (χ2n) is 5.81. The number of nitrogens with zero attached hydrogens (tertiary/aromatic N) is 4. The molecule has 1 fully saturated rings. The number of rotatable bonds is 2. The molecule has 0 aliphatic carbocycles. The maximum atomic E-state index is 12.6. The molecule has 0 unspecified atom stereocenters. The van der Waals surface area contributed by atoms with E-state index in [-0.39, 0.29) is 5.91 Å². The largest absolute Gasteiger partial charge is 0.339 e. The molecule has 1 aliphatic heterocycles. The van der Waals surface area contributed by atoms with Crippen molar-refractivity contribution in [2.75, 3.05) is 13.1 Å². The van der Waals surface area contributed by atoms with Crippen molar-refractivity contribution in [2.24, 2.45) is 0 Å². The second kappa shape index (κ2) is 6.57. The molecule has 0 radical (unpaired) electrons. The number of hydrogen-bond acceptors (Lipinski definition) is 4. The molecule has 1 aromatic heterocycles. The standard InChI is InChI=1S/C18H18N4O/c1-13-11-20-12-21-17(13)14-6-8-22(9-7-14)18(23)16-5-3-2-4-15(16)10-19/h2-5,11-12,14H,6-9H2,1H3. The number of carbonyl (C=O) groups excluding carboxylic acids is 1. The highest BCUT2D eigenvalue weighted by Crippen LogP contribution is 2.29. The third-order valence-electron chi connectivity index (χ3n) is 4.38. The number of likely N-dealkylation sites (tertiary alicyclic amines) is 1. The number of aryl methyl sites for hydroxylation is 1. The molecule has 1 aromatic carbocycles. The maximum Gasteiger partial charge on any atom is 0.255 e. The third-order valence-corrected chi connectivity index (χ3v) is 4.38. The van der Waals surface area contributed by atoms with E-state index in [1.54, 1.807) is 30.6 Å². The molecule has 1 saturated heterocycles. The fraction of sp³-hybridized carbons (Fsp3) is 0.333. The third kappa shape index (κ3) is 3.07. The highest BCUT2D eigenvalue weighted by molar-refractivity contribution is 5.96. The zero-order valence-corrected chi connectivity index (χ0v) is 13.1. The number of hydrogen-bond donors (Lipinski definition) is 0. The topological polar surface area (TPSA) is 69.9 Å². The minimum absolute atomic E-state index is 0.0555. The van der Waals surface area contributed by atoms with Crippen LogP contribution in [0.15, 0.2) is 36.8 Å². The van der Waals surface area contributed by atoms with E-state index in [1.807, 2.05) is 18.0 Å². The van der Waals surface area contributed by atoms with Crippen molar-refractivity contribution >= 4 is 5.91 Å². The van der Waals surface area contributed by atoms with E-state index in [2.05, 4.69) is 16.0 Å². The highest BCUT2D eigenvalue weighted by Gasteiger charge is 2.27. The monoisotopic (exact) mass is 306 g/mol. The van der Waals surface area contributed by atoms with Crippen molar-refractivity contribution in [3.63, 3.8) is 0 Å². The van der Waals surface area contributed by atoms with Crippen molar-refractivity contribution in [2.45, 2.75) is 25.7 Å². The van der Waals surface area contributed by atoms with Crippen LogP contribution in [0.2, 0.25) is 0 Å². The Bertz CT molecular complexity index is 758. The molecule has 2 heterocycles. The van der Waals surface area contributed by atoms with Gasteiger partial charge in [0.25, 0.3) is 5.91 Å². The van der Waals surface area contributed by atoms with Crippen LogP contribution in [0.3, 0.4) is 0 Å². The van der Waals surface area contributed by atoms with E-state index in [1.165, 1.54) is 0 Å². The van der Waals surface area contributed by atoms with Gasteiger partial charge in [0.05, 0.1) is 17.2 Å². The van der Waals surface area contributed by atoms with E-state index < -0.39 is 0 Å². The molecule has 5 nitrogen and oxygen atoms in total. The molecular weight excluding hydrogens is 288 g/mol. The fourth-order valence-electron chi connectivity index (χ4n) is 3.13. The number of amides is 1. The van der Waals surface area contributed by atoms with Crippen LogP contribution in [0.1, 0.15) is 45.9 Å². The number of carbonyl (C=O) groups is 1. The van der Waals surface area contributed by atoms with E-state index in [4.69, 9.17) is 5.26 Å². The summed E-state index contributed by atoms with van der Waals surface area (Å²) in [5.41, 5.74) is 3.12. The summed E-state index contributed by atoms with van der Waals surface area (Å²) in [6.45, 7) is 3.40. The number of aromatic nitrogens is 2. The Labute approximate surface area is 135 Å². The van der Waals surface area contributed by atoms with Crippen molar-refractivity contribution in [1.82, 2.24) is 14.9 Å². The van der Waals surface area contributed by atoms with Crippen LogP contribution < -0.4 is 0 Å². The Kier molecular flexibility index (Phi) is 4.33.